The van der Waals surface area contributed by atoms with E-state index in [0.717, 1.165) is 6.54 Å². The van der Waals surface area contributed by atoms with Gasteiger partial charge in [-0.2, -0.15) is 0 Å². The molecular formula is C16H31NO6. The van der Waals surface area contributed by atoms with Crippen molar-refractivity contribution < 1.29 is 28.5 Å². The van der Waals surface area contributed by atoms with Crippen LogP contribution < -0.4 is 0 Å². The SMILES string of the molecule is C=C(C)C(=O)OCCOCCOCCOCCOCCN(C)C. The summed E-state index contributed by atoms with van der Waals surface area (Å²) >= 11 is 0. The van der Waals surface area contributed by atoms with Crippen LogP contribution in [-0.4, -0.2) is 91.0 Å². The van der Waals surface area contributed by atoms with Gasteiger partial charge in [0.25, 0.3) is 0 Å². The van der Waals surface area contributed by atoms with E-state index < -0.39 is 5.97 Å². The molecule has 7 heteroatoms. The number of nitrogens with zero attached hydrogens (tertiary/aromatic N) is 1. The van der Waals surface area contributed by atoms with Gasteiger partial charge in [-0.05, 0) is 21.0 Å². The Morgan fingerprint density at radius 3 is 1.57 bits per heavy atom. The van der Waals surface area contributed by atoms with Crippen LogP contribution in [0.2, 0.25) is 0 Å². The Morgan fingerprint density at radius 2 is 1.17 bits per heavy atom. The average Bonchev–Trinajstić information content (AvgIpc) is 2.50. The molecule has 0 aliphatic heterocycles. The zero-order chi connectivity index (χ0) is 17.3. The van der Waals surface area contributed by atoms with Gasteiger partial charge in [-0.15, -0.1) is 0 Å². The summed E-state index contributed by atoms with van der Waals surface area (Å²) in [5, 5.41) is 0. The van der Waals surface area contributed by atoms with E-state index in [9.17, 15) is 4.79 Å². The molecule has 0 saturated carbocycles. The predicted octanol–water partition coefficient (Wildman–Crippen LogP) is 0.734. The maximum atomic E-state index is 11.1. The van der Waals surface area contributed by atoms with Crippen LogP contribution in [-0.2, 0) is 28.5 Å². The van der Waals surface area contributed by atoms with Crippen molar-refractivity contribution in [3.05, 3.63) is 12.2 Å². The zero-order valence-corrected chi connectivity index (χ0v) is 14.7. The highest BCUT2D eigenvalue weighted by molar-refractivity contribution is 5.86. The number of esters is 1. The fraction of sp³-hybridized carbons (Fsp3) is 0.812. The lowest BCUT2D eigenvalue weighted by molar-refractivity contribution is -0.140. The van der Waals surface area contributed by atoms with Crippen LogP contribution in [0.4, 0.5) is 0 Å². The number of ether oxygens (including phenoxy) is 5. The van der Waals surface area contributed by atoms with Crippen molar-refractivity contribution in [2.24, 2.45) is 0 Å². The van der Waals surface area contributed by atoms with Crippen LogP contribution in [0.15, 0.2) is 12.2 Å². The first-order chi connectivity index (χ1) is 11.0. The van der Waals surface area contributed by atoms with Gasteiger partial charge in [-0.3, -0.25) is 0 Å². The molecule has 7 nitrogen and oxygen atoms in total. The van der Waals surface area contributed by atoms with Crippen LogP contribution in [0, 0.1) is 0 Å². The Kier molecular flexibility index (Phi) is 15.2. The second-order valence-corrected chi connectivity index (χ2v) is 5.17. The van der Waals surface area contributed by atoms with Crippen molar-refractivity contribution in [1.29, 1.82) is 0 Å². The molecule has 0 aliphatic rings. The number of carbonyl (C=O) groups is 1. The van der Waals surface area contributed by atoms with Gasteiger partial charge in [0.2, 0.25) is 0 Å². The highest BCUT2D eigenvalue weighted by Gasteiger charge is 2.01. The molecule has 0 atom stereocenters. The third kappa shape index (κ3) is 17.2. The molecule has 0 bridgehead atoms. The highest BCUT2D eigenvalue weighted by Crippen LogP contribution is 1.91. The van der Waals surface area contributed by atoms with Crippen molar-refractivity contribution in [3.8, 4) is 0 Å². The minimum Gasteiger partial charge on any atom is -0.460 e. The highest BCUT2D eigenvalue weighted by atomic mass is 16.6. The van der Waals surface area contributed by atoms with Crippen LogP contribution >= 0.6 is 0 Å². The smallest absolute Gasteiger partial charge is 0.333 e. The molecule has 0 saturated heterocycles. The number of hydrogen-bond acceptors (Lipinski definition) is 7. The van der Waals surface area contributed by atoms with Crippen LogP contribution in [0.25, 0.3) is 0 Å². The minimum absolute atomic E-state index is 0.225. The fourth-order valence-electron chi connectivity index (χ4n) is 1.33. The van der Waals surface area contributed by atoms with E-state index in [1.54, 1.807) is 6.92 Å². The van der Waals surface area contributed by atoms with E-state index >= 15 is 0 Å². The molecule has 0 aromatic rings. The summed E-state index contributed by atoms with van der Waals surface area (Å²) in [7, 11) is 4.02. The molecule has 0 aromatic heterocycles. The Bertz CT molecular complexity index is 309. The Balaban J connectivity index is 3.08. The molecule has 0 aromatic carbocycles. The first kappa shape index (κ1) is 22.0. The van der Waals surface area contributed by atoms with Crippen molar-refractivity contribution in [2.75, 3.05) is 80.1 Å². The van der Waals surface area contributed by atoms with E-state index in [1.165, 1.54) is 0 Å². The van der Waals surface area contributed by atoms with Gasteiger partial charge in [0.05, 0.1) is 52.9 Å². The van der Waals surface area contributed by atoms with Gasteiger partial charge in [0.1, 0.15) is 6.61 Å². The average molecular weight is 333 g/mol. The lowest BCUT2D eigenvalue weighted by Crippen LogP contribution is -2.19. The third-order valence-electron chi connectivity index (χ3n) is 2.61. The number of hydrogen-bond donors (Lipinski definition) is 0. The van der Waals surface area contributed by atoms with Crippen molar-refractivity contribution >= 4 is 5.97 Å². The van der Waals surface area contributed by atoms with E-state index in [-0.39, 0.29) is 6.61 Å². The molecule has 23 heavy (non-hydrogen) atoms. The lowest BCUT2D eigenvalue weighted by atomic mass is 10.4. The fourth-order valence-corrected chi connectivity index (χ4v) is 1.33. The summed E-state index contributed by atoms with van der Waals surface area (Å²) in [5.41, 5.74) is 0.386. The Labute approximate surface area is 139 Å². The lowest BCUT2D eigenvalue weighted by Gasteiger charge is -2.10. The van der Waals surface area contributed by atoms with Crippen LogP contribution in [0.1, 0.15) is 6.92 Å². The van der Waals surface area contributed by atoms with E-state index in [1.807, 2.05) is 14.1 Å². The molecule has 0 heterocycles. The molecule has 0 fully saturated rings. The Hall–Kier alpha value is -0.990. The van der Waals surface area contributed by atoms with Crippen LogP contribution in [0.3, 0.4) is 0 Å². The second-order valence-electron chi connectivity index (χ2n) is 5.17. The minimum atomic E-state index is -0.396. The Morgan fingerprint density at radius 1 is 0.783 bits per heavy atom. The van der Waals surface area contributed by atoms with Crippen LogP contribution in [0.5, 0.6) is 0 Å². The largest absolute Gasteiger partial charge is 0.460 e. The number of likely N-dealkylation sites (N-methyl/N-ethyl adjacent to an activating group) is 1. The molecule has 0 spiro atoms. The molecular weight excluding hydrogens is 302 g/mol. The van der Waals surface area contributed by atoms with E-state index in [0.29, 0.717) is 58.4 Å². The summed E-state index contributed by atoms with van der Waals surface area (Å²) in [6.45, 7) is 10.5. The molecule has 0 radical (unpaired) electrons. The van der Waals surface area contributed by atoms with Gasteiger partial charge < -0.3 is 28.6 Å². The zero-order valence-electron chi connectivity index (χ0n) is 14.7. The van der Waals surface area contributed by atoms with Crippen molar-refractivity contribution in [1.82, 2.24) is 4.90 Å². The summed E-state index contributed by atoms with van der Waals surface area (Å²) in [5.74, 6) is -0.396. The molecule has 0 amide bonds. The van der Waals surface area contributed by atoms with E-state index in [4.69, 9.17) is 23.7 Å². The standard InChI is InChI=1S/C16H31NO6/c1-15(2)16(18)23-14-13-22-12-11-21-10-9-20-8-7-19-6-5-17(3)4/h1,5-14H2,2-4H3. The number of carbonyl (C=O) groups excluding carboxylic acids is 1. The van der Waals surface area contributed by atoms with Gasteiger partial charge in [-0.25, -0.2) is 4.79 Å². The predicted molar refractivity (Wildman–Crippen MR) is 87.6 cm³/mol. The number of rotatable bonds is 16. The maximum absolute atomic E-state index is 11.1. The van der Waals surface area contributed by atoms with Crippen molar-refractivity contribution in [3.63, 3.8) is 0 Å². The monoisotopic (exact) mass is 333 g/mol. The summed E-state index contributed by atoms with van der Waals surface area (Å²) in [6.07, 6.45) is 0. The quantitative estimate of drug-likeness (QED) is 0.234. The normalized spacial score (nSPS) is 11.0. The van der Waals surface area contributed by atoms with Gasteiger partial charge in [0, 0.05) is 12.1 Å². The van der Waals surface area contributed by atoms with Crippen molar-refractivity contribution in [2.45, 2.75) is 6.92 Å². The first-order valence-corrected chi connectivity index (χ1v) is 7.82. The van der Waals surface area contributed by atoms with E-state index in [2.05, 4.69) is 11.5 Å². The van der Waals surface area contributed by atoms with Gasteiger partial charge in [-0.1, -0.05) is 6.58 Å². The molecule has 0 unspecified atom stereocenters. The summed E-state index contributed by atoms with van der Waals surface area (Å²) in [4.78, 5) is 13.1. The topological polar surface area (TPSA) is 66.5 Å². The first-order valence-electron chi connectivity index (χ1n) is 7.82. The van der Waals surface area contributed by atoms with Gasteiger partial charge in [0.15, 0.2) is 0 Å². The molecule has 0 rings (SSSR count). The second kappa shape index (κ2) is 15.9. The summed E-state index contributed by atoms with van der Waals surface area (Å²) in [6, 6.07) is 0. The molecule has 136 valence electrons. The van der Waals surface area contributed by atoms with Gasteiger partial charge >= 0.3 is 5.97 Å². The molecule has 0 aliphatic carbocycles. The molecule has 0 N–H and O–H groups in total. The maximum Gasteiger partial charge on any atom is 0.333 e. The summed E-state index contributed by atoms with van der Waals surface area (Å²) < 4.78 is 26.2. The third-order valence-corrected chi connectivity index (χ3v) is 2.61.